The fourth-order valence-electron chi connectivity index (χ4n) is 4.63. The molecule has 3 aromatic rings. The molecule has 0 aliphatic carbocycles. The third-order valence-electron chi connectivity index (χ3n) is 6.49. The van der Waals surface area contributed by atoms with E-state index in [1.165, 1.54) is 4.90 Å². The maximum atomic E-state index is 13.9. The molecule has 2 heterocycles. The zero-order valence-electron chi connectivity index (χ0n) is 22.1. The fraction of sp³-hybridized carbons (Fsp3) is 0.464. The van der Waals surface area contributed by atoms with Crippen molar-refractivity contribution in [3.05, 3.63) is 48.0 Å². The minimum atomic E-state index is -1.11. The highest BCUT2D eigenvalue weighted by Crippen LogP contribution is 2.43. The zero-order valence-corrected chi connectivity index (χ0v) is 22.1. The lowest BCUT2D eigenvalue weighted by Crippen LogP contribution is -2.51. The van der Waals surface area contributed by atoms with E-state index >= 15 is 0 Å². The van der Waals surface area contributed by atoms with Crippen molar-refractivity contribution in [3.8, 4) is 11.5 Å². The number of fused-ring (bicyclic) bond motifs is 3. The highest BCUT2D eigenvalue weighted by atomic mass is 16.5. The van der Waals surface area contributed by atoms with Crippen LogP contribution in [0.3, 0.4) is 0 Å². The number of benzene rings is 2. The van der Waals surface area contributed by atoms with Gasteiger partial charge in [0.05, 0.1) is 50.6 Å². The number of ether oxygens (including phenoxy) is 4. The standard InChI is InChI=1S/C28H35N3O6/c1-6-36-27(33)24-25(19-11-12-22(23(17-19)35-5)37-15-13-18(2)3)31-21-10-8-7-9-20(21)29-28(31)30(26(24)32)14-16-34-4/h7-12,17-18,24-25H,6,13-16H2,1-5H3/t24-,25+/m1/s1. The number of nitrogens with zero attached hydrogens (tertiary/aromatic N) is 3. The van der Waals surface area contributed by atoms with Crippen LogP contribution in [0, 0.1) is 11.8 Å². The van der Waals surface area contributed by atoms with Crippen LogP contribution in [-0.2, 0) is 19.1 Å². The highest BCUT2D eigenvalue weighted by Gasteiger charge is 2.48. The Bertz CT molecular complexity index is 1250. The summed E-state index contributed by atoms with van der Waals surface area (Å²) in [6, 6.07) is 12.5. The fourth-order valence-corrected chi connectivity index (χ4v) is 4.63. The SMILES string of the molecule is CCOC(=O)[C@H]1C(=O)N(CCOC)c2nc3ccccc3n2[C@H]1c1ccc(OCCC(C)C)c(OC)c1. The van der Waals surface area contributed by atoms with Gasteiger partial charge in [0.1, 0.15) is 0 Å². The van der Waals surface area contributed by atoms with Crippen molar-refractivity contribution in [3.63, 3.8) is 0 Å². The second kappa shape index (κ2) is 11.6. The third kappa shape index (κ3) is 5.27. The van der Waals surface area contributed by atoms with E-state index in [0.717, 1.165) is 23.0 Å². The molecule has 9 nitrogen and oxygen atoms in total. The number of rotatable bonds is 11. The Morgan fingerprint density at radius 1 is 1.08 bits per heavy atom. The molecule has 198 valence electrons. The van der Waals surface area contributed by atoms with Crippen molar-refractivity contribution < 1.29 is 28.5 Å². The first-order chi connectivity index (χ1) is 17.9. The van der Waals surface area contributed by atoms with Crippen molar-refractivity contribution in [2.75, 3.05) is 45.5 Å². The van der Waals surface area contributed by atoms with E-state index in [4.69, 9.17) is 23.9 Å². The van der Waals surface area contributed by atoms with Crippen molar-refractivity contribution in [1.29, 1.82) is 0 Å². The first kappa shape index (κ1) is 26.5. The summed E-state index contributed by atoms with van der Waals surface area (Å²) in [4.78, 5) is 33.5. The predicted molar refractivity (Wildman–Crippen MR) is 140 cm³/mol. The first-order valence-electron chi connectivity index (χ1n) is 12.7. The van der Waals surface area contributed by atoms with Gasteiger partial charge in [0, 0.05) is 7.11 Å². The lowest BCUT2D eigenvalue weighted by atomic mass is 9.89. The van der Waals surface area contributed by atoms with Gasteiger partial charge < -0.3 is 23.5 Å². The largest absolute Gasteiger partial charge is 0.493 e. The van der Waals surface area contributed by atoms with Gasteiger partial charge in [-0.3, -0.25) is 14.5 Å². The smallest absolute Gasteiger partial charge is 0.321 e. The third-order valence-corrected chi connectivity index (χ3v) is 6.49. The molecule has 37 heavy (non-hydrogen) atoms. The van der Waals surface area contributed by atoms with E-state index in [9.17, 15) is 9.59 Å². The summed E-state index contributed by atoms with van der Waals surface area (Å²) in [5.74, 6) is 0.0459. The average molecular weight is 510 g/mol. The number of imidazole rings is 1. The number of aromatic nitrogens is 2. The van der Waals surface area contributed by atoms with Crippen molar-refractivity contribution in [2.45, 2.75) is 33.2 Å². The molecule has 9 heteroatoms. The van der Waals surface area contributed by atoms with Gasteiger partial charge in [-0.2, -0.15) is 0 Å². The molecule has 0 spiro atoms. The van der Waals surface area contributed by atoms with Gasteiger partial charge in [-0.05, 0) is 49.1 Å². The minimum absolute atomic E-state index is 0.164. The van der Waals surface area contributed by atoms with Crippen molar-refractivity contribution >= 4 is 28.9 Å². The molecule has 0 saturated heterocycles. The number of hydrogen-bond acceptors (Lipinski definition) is 7. The molecule has 0 unspecified atom stereocenters. The van der Waals surface area contributed by atoms with Gasteiger partial charge in [0.15, 0.2) is 17.4 Å². The maximum Gasteiger partial charge on any atom is 0.321 e. The van der Waals surface area contributed by atoms with Crippen LogP contribution in [-0.4, -0.2) is 62.0 Å². The Morgan fingerprint density at radius 3 is 2.57 bits per heavy atom. The molecule has 1 aliphatic heterocycles. The quantitative estimate of drug-likeness (QED) is 0.282. The van der Waals surface area contributed by atoms with Crippen LogP contribution in [0.15, 0.2) is 42.5 Å². The molecule has 0 radical (unpaired) electrons. The van der Waals surface area contributed by atoms with E-state index < -0.39 is 17.9 Å². The molecule has 2 atom stereocenters. The molecular formula is C28H35N3O6. The Morgan fingerprint density at radius 2 is 1.86 bits per heavy atom. The minimum Gasteiger partial charge on any atom is -0.493 e. The van der Waals surface area contributed by atoms with Crippen LogP contribution in [0.2, 0.25) is 0 Å². The van der Waals surface area contributed by atoms with E-state index in [0.29, 0.717) is 36.6 Å². The summed E-state index contributed by atoms with van der Waals surface area (Å²) in [5.41, 5.74) is 2.25. The van der Waals surface area contributed by atoms with Gasteiger partial charge in [0.2, 0.25) is 11.9 Å². The predicted octanol–water partition coefficient (Wildman–Crippen LogP) is 4.23. The normalized spacial score (nSPS) is 17.2. The van der Waals surface area contributed by atoms with Crippen LogP contribution in [0.5, 0.6) is 11.5 Å². The molecule has 1 amide bonds. The van der Waals surface area contributed by atoms with Crippen LogP contribution >= 0.6 is 0 Å². The second-order valence-electron chi connectivity index (χ2n) is 9.37. The molecule has 0 bridgehead atoms. The van der Waals surface area contributed by atoms with E-state index in [2.05, 4.69) is 13.8 Å². The summed E-state index contributed by atoms with van der Waals surface area (Å²) in [6.45, 7) is 7.29. The number of para-hydroxylation sites is 2. The lowest BCUT2D eigenvalue weighted by molar-refractivity contribution is -0.153. The van der Waals surface area contributed by atoms with E-state index in [-0.39, 0.29) is 19.1 Å². The van der Waals surface area contributed by atoms with Gasteiger partial charge in [-0.1, -0.05) is 32.0 Å². The molecule has 1 aromatic heterocycles. The molecule has 4 rings (SSSR count). The molecule has 0 fully saturated rings. The topological polar surface area (TPSA) is 92.1 Å². The number of anilines is 1. The summed E-state index contributed by atoms with van der Waals surface area (Å²) < 4.78 is 24.2. The first-order valence-corrected chi connectivity index (χ1v) is 12.7. The van der Waals surface area contributed by atoms with Crippen LogP contribution in [0.4, 0.5) is 5.95 Å². The Kier molecular flexibility index (Phi) is 8.33. The van der Waals surface area contributed by atoms with Crippen molar-refractivity contribution in [2.24, 2.45) is 11.8 Å². The monoisotopic (exact) mass is 509 g/mol. The van der Waals surface area contributed by atoms with Gasteiger partial charge in [0.25, 0.3) is 0 Å². The summed E-state index contributed by atoms with van der Waals surface area (Å²) in [6.07, 6.45) is 0.911. The van der Waals surface area contributed by atoms with Gasteiger partial charge in [-0.25, -0.2) is 4.98 Å². The Balaban J connectivity index is 1.87. The highest BCUT2D eigenvalue weighted by molar-refractivity contribution is 6.08. The molecule has 0 N–H and O–H groups in total. The number of hydrogen-bond donors (Lipinski definition) is 0. The summed E-state index contributed by atoms with van der Waals surface area (Å²) in [5, 5.41) is 0. The average Bonchev–Trinajstić information content (AvgIpc) is 3.26. The van der Waals surface area contributed by atoms with Gasteiger partial charge >= 0.3 is 5.97 Å². The van der Waals surface area contributed by atoms with Crippen molar-refractivity contribution in [1.82, 2.24) is 9.55 Å². The Labute approximate surface area is 217 Å². The van der Waals surface area contributed by atoms with Crippen LogP contribution < -0.4 is 14.4 Å². The number of carbonyl (C=O) groups excluding carboxylic acids is 2. The number of methoxy groups -OCH3 is 2. The molecule has 2 aromatic carbocycles. The lowest BCUT2D eigenvalue weighted by Gasteiger charge is -2.38. The Hall–Kier alpha value is -3.59. The van der Waals surface area contributed by atoms with Gasteiger partial charge in [-0.15, -0.1) is 0 Å². The maximum absolute atomic E-state index is 13.9. The molecule has 1 aliphatic rings. The molecule has 0 saturated carbocycles. The number of esters is 1. The summed E-state index contributed by atoms with van der Waals surface area (Å²) >= 11 is 0. The van der Waals surface area contributed by atoms with Crippen LogP contribution in [0.25, 0.3) is 11.0 Å². The number of carbonyl (C=O) groups is 2. The molecular weight excluding hydrogens is 474 g/mol. The number of amides is 1. The summed E-state index contributed by atoms with van der Waals surface area (Å²) in [7, 11) is 3.15. The zero-order chi connectivity index (χ0) is 26.5. The second-order valence-corrected chi connectivity index (χ2v) is 9.37. The van der Waals surface area contributed by atoms with Crippen LogP contribution in [0.1, 0.15) is 38.8 Å². The van der Waals surface area contributed by atoms with E-state index in [1.54, 1.807) is 21.1 Å². The van der Waals surface area contributed by atoms with E-state index in [1.807, 2.05) is 47.0 Å².